The molecule has 0 aromatic carbocycles. The maximum Gasteiger partial charge on any atom is 0.189 e. The van der Waals surface area contributed by atoms with E-state index in [0.29, 0.717) is 6.42 Å². The van der Waals surface area contributed by atoms with E-state index in [1.807, 2.05) is 0 Å². The van der Waals surface area contributed by atoms with Crippen molar-refractivity contribution in [3.63, 3.8) is 0 Å². The van der Waals surface area contributed by atoms with Crippen molar-refractivity contribution in [1.29, 1.82) is 0 Å². The molecule has 2 atom stereocenters. The summed E-state index contributed by atoms with van der Waals surface area (Å²) in [5.74, 6) is -0.741. The normalized spacial score (nSPS) is 16.4. The molecule has 0 amide bonds. The largest absolute Gasteiger partial charge is 0.390 e. The molecule has 0 bridgehead atoms. The molecule has 0 aromatic rings. The summed E-state index contributed by atoms with van der Waals surface area (Å²) in [5, 5.41) is 25.9. The highest BCUT2D eigenvalue weighted by Gasteiger charge is 2.20. The first-order valence-corrected chi connectivity index (χ1v) is 3.13. The molecule has 4 heteroatoms. The zero-order valence-corrected chi connectivity index (χ0v) is 5.82. The summed E-state index contributed by atoms with van der Waals surface area (Å²) < 4.78 is 0. The van der Waals surface area contributed by atoms with Crippen molar-refractivity contribution in [3.8, 4) is 0 Å². The summed E-state index contributed by atoms with van der Waals surface area (Å²) in [6.45, 7) is 0.913. The van der Waals surface area contributed by atoms with Crippen LogP contribution in [0.4, 0.5) is 0 Å². The second-order valence-corrected chi connectivity index (χ2v) is 2.04. The van der Waals surface area contributed by atoms with E-state index in [1.54, 1.807) is 6.92 Å². The number of Topliss-reactive ketones (excluding diaryl/α,β-unsaturated/α-hetero) is 1. The third kappa shape index (κ3) is 2.43. The van der Waals surface area contributed by atoms with Crippen LogP contribution in [0.5, 0.6) is 0 Å². The van der Waals surface area contributed by atoms with Crippen LogP contribution in [0, 0.1) is 0 Å². The van der Waals surface area contributed by atoms with E-state index in [2.05, 4.69) is 0 Å². The molecule has 0 rings (SSSR count). The molecule has 0 spiro atoms. The summed E-state index contributed by atoms with van der Waals surface area (Å²) >= 11 is 0. The summed E-state index contributed by atoms with van der Waals surface area (Å²) in [5.41, 5.74) is 0. The molecule has 0 heterocycles. The van der Waals surface area contributed by atoms with Crippen LogP contribution in [0.1, 0.15) is 13.3 Å². The van der Waals surface area contributed by atoms with Crippen LogP contribution in [0.15, 0.2) is 0 Å². The Morgan fingerprint density at radius 2 is 2.00 bits per heavy atom. The van der Waals surface area contributed by atoms with Gasteiger partial charge in [-0.2, -0.15) is 0 Å². The van der Waals surface area contributed by atoms with Crippen LogP contribution in [0.3, 0.4) is 0 Å². The van der Waals surface area contributed by atoms with Gasteiger partial charge in [-0.1, -0.05) is 6.92 Å². The molecule has 3 N–H and O–H groups in total. The molecule has 0 aromatic heterocycles. The van der Waals surface area contributed by atoms with Gasteiger partial charge in [-0.15, -0.1) is 0 Å². The molecule has 0 radical (unpaired) electrons. The minimum Gasteiger partial charge on any atom is -0.390 e. The van der Waals surface area contributed by atoms with Gasteiger partial charge in [0, 0.05) is 0 Å². The maximum atomic E-state index is 10.5. The van der Waals surface area contributed by atoms with E-state index < -0.39 is 24.6 Å². The number of aliphatic hydroxyl groups is 3. The zero-order valence-electron chi connectivity index (χ0n) is 5.82. The predicted molar refractivity (Wildman–Crippen MR) is 34.4 cm³/mol. The van der Waals surface area contributed by atoms with Crippen molar-refractivity contribution in [2.24, 2.45) is 0 Å². The molecule has 4 nitrogen and oxygen atoms in total. The Morgan fingerprint density at radius 1 is 1.50 bits per heavy atom. The number of hydrogen-bond donors (Lipinski definition) is 3. The molecule has 0 fully saturated rings. The average Bonchev–Trinajstić information content (AvgIpc) is 2.00. The SMILES string of the molecule is CC[C@@H](O)[C@@H](O)C(=O)CO. The standard InChI is InChI=1S/C6H12O4/c1-2-4(8)6(10)5(9)3-7/h4,6-8,10H,2-3H2,1H3/t4-,6-/m1/s1. The zero-order chi connectivity index (χ0) is 8.15. The predicted octanol–water partition coefficient (Wildman–Crippen LogP) is -1.32. The summed E-state index contributed by atoms with van der Waals surface area (Å²) in [6.07, 6.45) is -2.19. The van der Waals surface area contributed by atoms with Crippen molar-refractivity contribution in [2.75, 3.05) is 6.61 Å². The first-order chi connectivity index (χ1) is 4.63. The minimum atomic E-state index is -1.44. The number of ketones is 1. The smallest absolute Gasteiger partial charge is 0.189 e. The lowest BCUT2D eigenvalue weighted by atomic mass is 10.1. The van der Waals surface area contributed by atoms with E-state index in [9.17, 15) is 4.79 Å². The van der Waals surface area contributed by atoms with Gasteiger partial charge in [-0.05, 0) is 6.42 Å². The fourth-order valence-electron chi connectivity index (χ4n) is 0.531. The second-order valence-electron chi connectivity index (χ2n) is 2.04. The molecule has 0 unspecified atom stereocenters. The Balaban J connectivity index is 3.81. The van der Waals surface area contributed by atoms with Gasteiger partial charge in [0.1, 0.15) is 12.7 Å². The van der Waals surface area contributed by atoms with Crippen LogP contribution in [0.25, 0.3) is 0 Å². The lowest BCUT2D eigenvalue weighted by molar-refractivity contribution is -0.135. The van der Waals surface area contributed by atoms with Crippen LogP contribution < -0.4 is 0 Å². The second kappa shape index (κ2) is 4.38. The average molecular weight is 148 g/mol. The van der Waals surface area contributed by atoms with Crippen LogP contribution in [0.2, 0.25) is 0 Å². The first kappa shape index (κ1) is 9.55. The van der Waals surface area contributed by atoms with Gasteiger partial charge in [0.15, 0.2) is 5.78 Å². The van der Waals surface area contributed by atoms with E-state index in [1.165, 1.54) is 0 Å². The number of carbonyl (C=O) groups is 1. The van der Waals surface area contributed by atoms with Crippen molar-refractivity contribution in [1.82, 2.24) is 0 Å². The number of aliphatic hydroxyl groups excluding tert-OH is 3. The van der Waals surface area contributed by atoms with Crippen molar-refractivity contribution in [3.05, 3.63) is 0 Å². The highest BCUT2D eigenvalue weighted by atomic mass is 16.3. The summed E-state index contributed by atoms with van der Waals surface area (Å²) in [7, 11) is 0. The van der Waals surface area contributed by atoms with Gasteiger partial charge in [0.2, 0.25) is 0 Å². The van der Waals surface area contributed by atoms with Gasteiger partial charge in [0.25, 0.3) is 0 Å². The number of hydrogen-bond acceptors (Lipinski definition) is 4. The van der Waals surface area contributed by atoms with E-state index in [4.69, 9.17) is 15.3 Å². The molecule has 10 heavy (non-hydrogen) atoms. The molecular formula is C6H12O4. The lowest BCUT2D eigenvalue weighted by Crippen LogP contribution is -2.35. The van der Waals surface area contributed by atoms with Crippen LogP contribution in [-0.4, -0.2) is 39.9 Å². The Kier molecular flexibility index (Phi) is 4.18. The molecular weight excluding hydrogens is 136 g/mol. The topological polar surface area (TPSA) is 77.8 Å². The quantitative estimate of drug-likeness (QED) is 0.462. The first-order valence-electron chi connectivity index (χ1n) is 3.13. The monoisotopic (exact) mass is 148 g/mol. The van der Waals surface area contributed by atoms with Crippen molar-refractivity contribution in [2.45, 2.75) is 25.6 Å². The van der Waals surface area contributed by atoms with Crippen LogP contribution >= 0.6 is 0 Å². The Morgan fingerprint density at radius 3 is 2.30 bits per heavy atom. The molecule has 0 aliphatic rings. The maximum absolute atomic E-state index is 10.5. The highest BCUT2D eigenvalue weighted by molar-refractivity contribution is 5.84. The Bertz CT molecular complexity index is 112. The molecule has 0 saturated carbocycles. The van der Waals surface area contributed by atoms with Crippen molar-refractivity contribution >= 4 is 5.78 Å². The Hall–Kier alpha value is -0.450. The van der Waals surface area contributed by atoms with E-state index in [0.717, 1.165) is 0 Å². The minimum absolute atomic E-state index is 0.299. The van der Waals surface area contributed by atoms with Gasteiger partial charge >= 0.3 is 0 Å². The van der Waals surface area contributed by atoms with E-state index in [-0.39, 0.29) is 0 Å². The molecule has 0 aliphatic heterocycles. The van der Waals surface area contributed by atoms with E-state index >= 15 is 0 Å². The molecule has 60 valence electrons. The number of rotatable bonds is 4. The van der Waals surface area contributed by atoms with Gasteiger partial charge < -0.3 is 15.3 Å². The summed E-state index contributed by atoms with van der Waals surface area (Å²) in [4.78, 5) is 10.5. The molecule has 0 aliphatic carbocycles. The van der Waals surface area contributed by atoms with Gasteiger partial charge in [0.05, 0.1) is 6.10 Å². The molecule has 0 saturated heterocycles. The van der Waals surface area contributed by atoms with Crippen LogP contribution in [-0.2, 0) is 4.79 Å². The fraction of sp³-hybridized carbons (Fsp3) is 0.833. The highest BCUT2D eigenvalue weighted by Crippen LogP contribution is 1.98. The van der Waals surface area contributed by atoms with Gasteiger partial charge in [-0.3, -0.25) is 4.79 Å². The third-order valence-electron chi connectivity index (χ3n) is 1.27. The van der Waals surface area contributed by atoms with Gasteiger partial charge in [-0.25, -0.2) is 0 Å². The Labute approximate surface area is 59.1 Å². The number of carbonyl (C=O) groups excluding carboxylic acids is 1. The van der Waals surface area contributed by atoms with Crippen molar-refractivity contribution < 1.29 is 20.1 Å². The lowest BCUT2D eigenvalue weighted by Gasteiger charge is -2.12. The summed E-state index contributed by atoms with van der Waals surface area (Å²) in [6, 6.07) is 0. The third-order valence-corrected chi connectivity index (χ3v) is 1.27. The fourth-order valence-corrected chi connectivity index (χ4v) is 0.531.